The summed E-state index contributed by atoms with van der Waals surface area (Å²) in [7, 11) is 1.47. The number of hydrogen-bond acceptors (Lipinski definition) is 8. The number of nitrogens with zero attached hydrogens (tertiary/aromatic N) is 3. The largest absolute Gasteiger partial charge is 0.493 e. The van der Waals surface area contributed by atoms with Gasteiger partial charge in [-0.1, -0.05) is 19.1 Å². The molecule has 0 saturated heterocycles. The highest BCUT2D eigenvalue weighted by atomic mass is 16.7. The van der Waals surface area contributed by atoms with Crippen LogP contribution in [0.4, 0.5) is 0 Å². The number of ether oxygens (including phenoxy) is 4. The minimum Gasteiger partial charge on any atom is -0.493 e. The van der Waals surface area contributed by atoms with Crippen LogP contribution in [0.2, 0.25) is 0 Å². The summed E-state index contributed by atoms with van der Waals surface area (Å²) in [6, 6.07) is 17.0. The fraction of sp³-hybridized carbons (Fsp3) is 0.154. The Morgan fingerprint density at radius 2 is 1.91 bits per heavy atom. The number of aryl methyl sites for hydroxylation is 1. The Kier molecular flexibility index (Phi) is 5.88. The first-order valence-electron chi connectivity index (χ1n) is 10.9. The van der Waals surface area contributed by atoms with E-state index in [2.05, 4.69) is 10.1 Å². The number of esters is 1. The van der Waals surface area contributed by atoms with Crippen LogP contribution in [-0.4, -0.2) is 35.7 Å². The fourth-order valence-electron chi connectivity index (χ4n) is 3.67. The van der Waals surface area contributed by atoms with Gasteiger partial charge in [0.2, 0.25) is 6.79 Å². The van der Waals surface area contributed by atoms with Crippen LogP contribution in [0.3, 0.4) is 0 Å². The van der Waals surface area contributed by atoms with Crippen LogP contribution in [-0.2, 0) is 6.42 Å². The third-order valence-corrected chi connectivity index (χ3v) is 5.46. The highest BCUT2D eigenvalue weighted by Gasteiger charge is 2.19. The molecule has 1 aromatic heterocycles. The molecule has 0 aliphatic carbocycles. The van der Waals surface area contributed by atoms with Crippen molar-refractivity contribution in [1.29, 1.82) is 0 Å². The number of fused-ring (bicyclic) bond motifs is 2. The zero-order valence-electron chi connectivity index (χ0n) is 19.1. The van der Waals surface area contributed by atoms with Crippen LogP contribution in [0.1, 0.15) is 28.7 Å². The predicted molar refractivity (Wildman–Crippen MR) is 129 cm³/mol. The van der Waals surface area contributed by atoms with E-state index >= 15 is 0 Å². The van der Waals surface area contributed by atoms with Crippen molar-refractivity contribution in [3.8, 4) is 23.0 Å². The smallest absolute Gasteiger partial charge is 0.343 e. The van der Waals surface area contributed by atoms with E-state index < -0.39 is 5.97 Å². The molecule has 176 valence electrons. The van der Waals surface area contributed by atoms with Gasteiger partial charge in [-0.2, -0.15) is 9.78 Å². The second-order valence-electron chi connectivity index (χ2n) is 7.63. The van der Waals surface area contributed by atoms with Gasteiger partial charge in [-0.05, 0) is 54.1 Å². The molecule has 0 bridgehead atoms. The number of para-hydroxylation sites is 1. The van der Waals surface area contributed by atoms with Crippen molar-refractivity contribution in [2.75, 3.05) is 13.9 Å². The molecular formula is C26H21N3O6. The summed E-state index contributed by atoms with van der Waals surface area (Å²) in [5.41, 5.74) is 1.35. The Labute approximate surface area is 200 Å². The van der Waals surface area contributed by atoms with E-state index in [1.165, 1.54) is 18.0 Å². The highest BCUT2D eigenvalue weighted by Crippen LogP contribution is 2.33. The Bertz CT molecular complexity index is 1530. The molecule has 5 rings (SSSR count). The van der Waals surface area contributed by atoms with E-state index in [1.54, 1.807) is 54.6 Å². The Morgan fingerprint density at radius 1 is 1.09 bits per heavy atom. The first-order chi connectivity index (χ1) is 17.1. The molecule has 0 unspecified atom stereocenters. The number of aromatic nitrogens is 2. The van der Waals surface area contributed by atoms with Gasteiger partial charge in [0, 0.05) is 6.42 Å². The average molecular weight is 471 g/mol. The third-order valence-electron chi connectivity index (χ3n) is 5.46. The van der Waals surface area contributed by atoms with Crippen LogP contribution in [0, 0.1) is 0 Å². The van der Waals surface area contributed by atoms with Crippen LogP contribution in [0.25, 0.3) is 10.9 Å². The number of methoxy groups -OCH3 is 1. The van der Waals surface area contributed by atoms with Crippen molar-refractivity contribution in [1.82, 2.24) is 9.66 Å². The van der Waals surface area contributed by atoms with Gasteiger partial charge in [-0.25, -0.2) is 9.78 Å². The Morgan fingerprint density at radius 3 is 2.74 bits per heavy atom. The molecule has 4 aromatic rings. The summed E-state index contributed by atoms with van der Waals surface area (Å²) in [6.45, 7) is 2.03. The van der Waals surface area contributed by atoms with Gasteiger partial charge in [-0.3, -0.25) is 4.79 Å². The summed E-state index contributed by atoms with van der Waals surface area (Å²) in [5, 5.41) is 4.86. The molecule has 2 heterocycles. The Balaban J connectivity index is 1.40. The molecule has 0 atom stereocenters. The molecule has 0 spiro atoms. The van der Waals surface area contributed by atoms with E-state index in [9.17, 15) is 9.59 Å². The van der Waals surface area contributed by atoms with Crippen LogP contribution in [0.15, 0.2) is 70.6 Å². The van der Waals surface area contributed by atoms with Crippen LogP contribution in [0.5, 0.6) is 23.0 Å². The standard InChI is InChI=1S/C26H21N3O6/c1-3-24-28-19-7-5-4-6-18(19)25(30)29(24)27-14-16-8-10-21(22(12-16)32-2)35-26(31)17-9-11-20-23(13-17)34-15-33-20/h4-14H,3,15H2,1-2H3. The molecule has 0 saturated carbocycles. The lowest BCUT2D eigenvalue weighted by atomic mass is 10.2. The lowest BCUT2D eigenvalue weighted by Gasteiger charge is -2.10. The summed E-state index contributed by atoms with van der Waals surface area (Å²) in [6.07, 6.45) is 2.07. The monoisotopic (exact) mass is 471 g/mol. The van der Waals surface area contributed by atoms with Crippen molar-refractivity contribution >= 4 is 23.1 Å². The number of carbonyl (C=O) groups is 1. The average Bonchev–Trinajstić information content (AvgIpc) is 3.36. The SMILES string of the molecule is CCc1nc2ccccc2c(=O)n1N=Cc1ccc(OC(=O)c2ccc3c(c2)OCO3)c(OC)c1. The first-order valence-corrected chi connectivity index (χ1v) is 10.9. The zero-order chi connectivity index (χ0) is 24.4. The molecule has 0 amide bonds. The van der Waals surface area contributed by atoms with E-state index in [0.717, 1.165) is 0 Å². The maximum atomic E-state index is 12.9. The van der Waals surface area contributed by atoms with Crippen LogP contribution < -0.4 is 24.5 Å². The van der Waals surface area contributed by atoms with Gasteiger partial charge in [0.1, 0.15) is 5.82 Å². The van der Waals surface area contributed by atoms with Gasteiger partial charge in [-0.15, -0.1) is 0 Å². The summed E-state index contributed by atoms with van der Waals surface area (Å²) >= 11 is 0. The van der Waals surface area contributed by atoms with Crippen molar-refractivity contribution in [3.05, 3.63) is 88.0 Å². The van der Waals surface area contributed by atoms with Gasteiger partial charge in [0.05, 0.1) is 29.8 Å². The molecule has 35 heavy (non-hydrogen) atoms. The number of rotatable bonds is 6. The van der Waals surface area contributed by atoms with Crippen LogP contribution >= 0.6 is 0 Å². The number of benzene rings is 3. The minimum atomic E-state index is -0.565. The number of hydrogen-bond donors (Lipinski definition) is 0. The molecule has 0 fully saturated rings. The van der Waals surface area contributed by atoms with Gasteiger partial charge >= 0.3 is 5.97 Å². The maximum absolute atomic E-state index is 12.9. The van der Waals surface area contributed by atoms with E-state index in [-0.39, 0.29) is 18.1 Å². The van der Waals surface area contributed by atoms with Gasteiger partial charge < -0.3 is 18.9 Å². The van der Waals surface area contributed by atoms with Crippen molar-refractivity contribution in [2.24, 2.45) is 5.10 Å². The second kappa shape index (κ2) is 9.30. The molecule has 9 nitrogen and oxygen atoms in total. The summed E-state index contributed by atoms with van der Waals surface area (Å²) in [4.78, 5) is 30.1. The first kappa shape index (κ1) is 22.1. The lowest BCUT2D eigenvalue weighted by molar-refractivity contribution is 0.0729. The molecule has 1 aliphatic rings. The quantitative estimate of drug-likeness (QED) is 0.240. The molecule has 3 aromatic carbocycles. The second-order valence-corrected chi connectivity index (χ2v) is 7.63. The molecular weight excluding hydrogens is 450 g/mol. The normalized spacial score (nSPS) is 12.3. The van der Waals surface area contributed by atoms with Gasteiger partial charge in [0.15, 0.2) is 23.0 Å². The third kappa shape index (κ3) is 4.31. The van der Waals surface area contributed by atoms with E-state index in [4.69, 9.17) is 18.9 Å². The summed E-state index contributed by atoms with van der Waals surface area (Å²) in [5.74, 6) is 1.63. The molecule has 0 radical (unpaired) electrons. The predicted octanol–water partition coefficient (Wildman–Crippen LogP) is 3.80. The van der Waals surface area contributed by atoms with Crippen molar-refractivity contribution in [2.45, 2.75) is 13.3 Å². The molecule has 0 N–H and O–H groups in total. The van der Waals surface area contributed by atoms with E-state index in [1.807, 2.05) is 13.0 Å². The zero-order valence-corrected chi connectivity index (χ0v) is 19.1. The lowest BCUT2D eigenvalue weighted by Crippen LogP contribution is -2.22. The Hall–Kier alpha value is -4.66. The van der Waals surface area contributed by atoms with Crippen molar-refractivity contribution < 1.29 is 23.7 Å². The summed E-state index contributed by atoms with van der Waals surface area (Å²) < 4.78 is 22.8. The topological polar surface area (TPSA) is 101 Å². The molecule has 9 heteroatoms. The maximum Gasteiger partial charge on any atom is 0.343 e. The highest BCUT2D eigenvalue weighted by molar-refractivity contribution is 5.92. The minimum absolute atomic E-state index is 0.117. The van der Waals surface area contributed by atoms with Gasteiger partial charge in [0.25, 0.3) is 5.56 Å². The number of carbonyl (C=O) groups excluding carboxylic acids is 1. The van der Waals surface area contributed by atoms with E-state index in [0.29, 0.717) is 51.5 Å². The fourth-order valence-corrected chi connectivity index (χ4v) is 3.67. The molecule has 1 aliphatic heterocycles. The van der Waals surface area contributed by atoms with Crippen molar-refractivity contribution in [3.63, 3.8) is 0 Å².